The Morgan fingerprint density at radius 2 is 1.74 bits per heavy atom. The number of hydrogen-bond acceptors (Lipinski definition) is 4. The second-order valence-electron chi connectivity index (χ2n) is 4.57. The fourth-order valence-electron chi connectivity index (χ4n) is 1.72. The molecule has 3 nitrogen and oxygen atoms in total. The molecule has 108 valence electrons. The molecule has 1 rings (SSSR count). The summed E-state index contributed by atoms with van der Waals surface area (Å²) in [4.78, 5) is 0. The summed E-state index contributed by atoms with van der Waals surface area (Å²) in [6.07, 6.45) is 0. The molecular formula is C14H23O3PS. The Morgan fingerprint density at radius 3 is 2.21 bits per heavy atom. The highest BCUT2D eigenvalue weighted by molar-refractivity contribution is 8.07. The van der Waals surface area contributed by atoms with Crippen LogP contribution in [0.5, 0.6) is 5.75 Å². The lowest BCUT2D eigenvalue weighted by Gasteiger charge is -2.23. The molecule has 0 spiro atoms. The van der Waals surface area contributed by atoms with Gasteiger partial charge in [0.15, 0.2) is 0 Å². The molecule has 0 unspecified atom stereocenters. The van der Waals surface area contributed by atoms with E-state index in [-0.39, 0.29) is 0 Å². The first-order valence-electron chi connectivity index (χ1n) is 6.61. The summed E-state index contributed by atoms with van der Waals surface area (Å²) in [5.74, 6) is 1.14. The third kappa shape index (κ3) is 4.88. The lowest BCUT2D eigenvalue weighted by Crippen LogP contribution is -2.04. The van der Waals surface area contributed by atoms with Crippen molar-refractivity contribution < 1.29 is 13.6 Å². The van der Waals surface area contributed by atoms with Gasteiger partial charge in [-0.1, -0.05) is 26.0 Å². The van der Waals surface area contributed by atoms with Crippen LogP contribution in [-0.2, 0) is 20.9 Å². The molecule has 1 aromatic rings. The van der Waals surface area contributed by atoms with Gasteiger partial charge in [-0.05, 0) is 43.9 Å². The van der Waals surface area contributed by atoms with Crippen molar-refractivity contribution in [3.8, 4) is 5.75 Å². The Labute approximate surface area is 121 Å². The Kier molecular flexibility index (Phi) is 6.48. The van der Waals surface area contributed by atoms with E-state index in [2.05, 4.69) is 26.0 Å². The van der Waals surface area contributed by atoms with E-state index in [9.17, 15) is 0 Å². The highest BCUT2D eigenvalue weighted by Gasteiger charge is 2.23. The highest BCUT2D eigenvalue weighted by atomic mass is 32.5. The van der Waals surface area contributed by atoms with E-state index >= 15 is 0 Å². The maximum atomic E-state index is 5.94. The average Bonchev–Trinajstić information content (AvgIpc) is 2.28. The molecule has 0 bridgehead atoms. The average molecular weight is 302 g/mol. The van der Waals surface area contributed by atoms with Crippen LogP contribution in [0.4, 0.5) is 0 Å². The quantitative estimate of drug-likeness (QED) is 0.677. The van der Waals surface area contributed by atoms with E-state index < -0.39 is 6.72 Å². The van der Waals surface area contributed by atoms with Crippen LogP contribution in [0.25, 0.3) is 0 Å². The third-order valence-corrected chi connectivity index (χ3v) is 5.00. The molecule has 0 atom stereocenters. The van der Waals surface area contributed by atoms with Gasteiger partial charge in [-0.2, -0.15) is 0 Å². The summed E-state index contributed by atoms with van der Waals surface area (Å²) in [6, 6.07) is 6.15. The zero-order chi connectivity index (χ0) is 14.5. The summed E-state index contributed by atoms with van der Waals surface area (Å²) in [7, 11) is 0. The summed E-state index contributed by atoms with van der Waals surface area (Å²) < 4.78 is 17.0. The first-order chi connectivity index (χ1) is 8.91. The molecule has 5 heteroatoms. The molecule has 1 aromatic carbocycles. The summed E-state index contributed by atoms with van der Waals surface area (Å²) in [5.41, 5.74) is 2.26. The van der Waals surface area contributed by atoms with Crippen LogP contribution < -0.4 is 4.52 Å². The summed E-state index contributed by atoms with van der Waals surface area (Å²) in [6.45, 7) is 8.35. The molecule has 19 heavy (non-hydrogen) atoms. The minimum atomic E-state index is -2.69. The number of rotatable bonds is 7. The molecule has 0 fully saturated rings. The van der Waals surface area contributed by atoms with E-state index in [1.807, 2.05) is 26.8 Å². The maximum Gasteiger partial charge on any atom is 0.380 e. The molecule has 0 N–H and O–H groups in total. The molecule has 0 saturated carbocycles. The standard InChI is InChI=1S/C14H23O3PS/c1-6-15-18(19,16-7-2)17-14-10-12(5)8-9-13(14)11(3)4/h8-11H,6-7H2,1-5H3. The van der Waals surface area contributed by atoms with Crippen molar-refractivity contribution in [1.29, 1.82) is 0 Å². The van der Waals surface area contributed by atoms with Gasteiger partial charge >= 0.3 is 6.72 Å². The molecule has 0 aliphatic rings. The lowest BCUT2D eigenvalue weighted by atomic mass is 10.0. The minimum absolute atomic E-state index is 0.363. The fraction of sp³-hybridized carbons (Fsp3) is 0.571. The normalized spacial score (nSPS) is 11.9. The van der Waals surface area contributed by atoms with Crippen molar-refractivity contribution in [3.05, 3.63) is 29.3 Å². The number of hydrogen-bond donors (Lipinski definition) is 0. The van der Waals surface area contributed by atoms with Crippen molar-refractivity contribution in [2.24, 2.45) is 0 Å². The van der Waals surface area contributed by atoms with Gasteiger partial charge in [-0.15, -0.1) is 0 Å². The van der Waals surface area contributed by atoms with Crippen LogP contribution >= 0.6 is 6.72 Å². The number of benzene rings is 1. The van der Waals surface area contributed by atoms with E-state index in [1.54, 1.807) is 0 Å². The van der Waals surface area contributed by atoms with Crippen LogP contribution in [0, 0.1) is 6.92 Å². The van der Waals surface area contributed by atoms with Crippen LogP contribution in [0.1, 0.15) is 44.7 Å². The molecule has 0 heterocycles. The van der Waals surface area contributed by atoms with Gasteiger partial charge in [-0.3, -0.25) is 9.05 Å². The minimum Gasteiger partial charge on any atom is -0.424 e. The second-order valence-corrected chi connectivity index (χ2v) is 7.51. The summed E-state index contributed by atoms with van der Waals surface area (Å²) in [5, 5.41) is 0. The van der Waals surface area contributed by atoms with Crippen molar-refractivity contribution in [3.63, 3.8) is 0 Å². The zero-order valence-electron chi connectivity index (χ0n) is 12.3. The van der Waals surface area contributed by atoms with Crippen molar-refractivity contribution in [2.45, 2.75) is 40.5 Å². The van der Waals surface area contributed by atoms with Crippen LogP contribution in [0.15, 0.2) is 18.2 Å². The van der Waals surface area contributed by atoms with Gasteiger partial charge in [-0.25, -0.2) is 0 Å². The van der Waals surface area contributed by atoms with Gasteiger partial charge in [0.1, 0.15) is 5.75 Å². The van der Waals surface area contributed by atoms with Gasteiger partial charge in [0.25, 0.3) is 0 Å². The smallest absolute Gasteiger partial charge is 0.380 e. The Bertz CT molecular complexity index is 450. The second kappa shape index (κ2) is 7.39. The molecule has 0 amide bonds. The van der Waals surface area contributed by atoms with E-state index in [0.29, 0.717) is 19.1 Å². The first-order valence-corrected chi connectivity index (χ1v) is 9.16. The van der Waals surface area contributed by atoms with Crippen LogP contribution in [0.2, 0.25) is 0 Å². The zero-order valence-corrected chi connectivity index (χ0v) is 14.0. The highest BCUT2D eigenvalue weighted by Crippen LogP contribution is 2.51. The summed E-state index contributed by atoms with van der Waals surface area (Å²) >= 11 is 5.42. The molecule has 0 aromatic heterocycles. The monoisotopic (exact) mass is 302 g/mol. The van der Waals surface area contributed by atoms with E-state index in [4.69, 9.17) is 25.4 Å². The largest absolute Gasteiger partial charge is 0.424 e. The van der Waals surface area contributed by atoms with Gasteiger partial charge in [0.05, 0.1) is 13.2 Å². The fourth-order valence-corrected chi connectivity index (χ4v) is 3.81. The van der Waals surface area contributed by atoms with Crippen molar-refractivity contribution in [2.75, 3.05) is 13.2 Å². The predicted octanol–water partition coefficient (Wildman–Crippen LogP) is 4.79. The Balaban J connectivity index is 3.08. The van der Waals surface area contributed by atoms with Gasteiger partial charge < -0.3 is 4.52 Å². The Morgan fingerprint density at radius 1 is 1.16 bits per heavy atom. The first kappa shape index (κ1) is 16.6. The molecule has 0 aliphatic carbocycles. The van der Waals surface area contributed by atoms with E-state index in [0.717, 1.165) is 16.9 Å². The Hall–Kier alpha value is -0.410. The van der Waals surface area contributed by atoms with E-state index in [1.165, 1.54) is 0 Å². The van der Waals surface area contributed by atoms with Gasteiger partial charge in [0, 0.05) is 11.8 Å². The number of aryl methyl sites for hydroxylation is 1. The molecular weight excluding hydrogens is 279 g/mol. The molecule has 0 saturated heterocycles. The topological polar surface area (TPSA) is 27.7 Å². The van der Waals surface area contributed by atoms with Crippen molar-refractivity contribution >= 4 is 18.5 Å². The van der Waals surface area contributed by atoms with Crippen molar-refractivity contribution in [1.82, 2.24) is 0 Å². The SMILES string of the molecule is CCOP(=S)(OCC)Oc1cc(C)ccc1C(C)C. The van der Waals surface area contributed by atoms with Gasteiger partial charge in [0.2, 0.25) is 0 Å². The lowest BCUT2D eigenvalue weighted by molar-refractivity contribution is 0.217. The maximum absolute atomic E-state index is 5.94. The van der Waals surface area contributed by atoms with Crippen LogP contribution in [0.3, 0.4) is 0 Å². The molecule has 0 aliphatic heterocycles. The molecule has 0 radical (unpaired) electrons. The predicted molar refractivity (Wildman–Crippen MR) is 83.4 cm³/mol. The third-order valence-electron chi connectivity index (χ3n) is 2.58. The van der Waals surface area contributed by atoms with Crippen LogP contribution in [-0.4, -0.2) is 13.2 Å².